The summed E-state index contributed by atoms with van der Waals surface area (Å²) in [7, 11) is -2.48. The second-order valence-electron chi connectivity index (χ2n) is 6.70. The molecule has 0 amide bonds. The van der Waals surface area contributed by atoms with E-state index >= 15 is 0 Å². The average molecular weight is 331 g/mol. The van der Waals surface area contributed by atoms with Crippen molar-refractivity contribution < 1.29 is 18.0 Å². The minimum Gasteiger partial charge on any atom is -0.374 e. The first-order valence-corrected chi connectivity index (χ1v) is 11.2. The predicted octanol–water partition coefficient (Wildman–Crippen LogP) is 4.16. The van der Waals surface area contributed by atoms with Crippen LogP contribution in [0.4, 0.5) is 0 Å². The monoisotopic (exact) mass is 330 g/mol. The molecule has 0 aromatic heterocycles. The summed E-state index contributed by atoms with van der Waals surface area (Å²) in [6.45, 7) is 9.73. The zero-order valence-electron chi connectivity index (χ0n) is 14.8. The van der Waals surface area contributed by atoms with Crippen molar-refractivity contribution in [2.75, 3.05) is 13.2 Å². The first-order valence-electron chi connectivity index (χ1n) is 9.23. The molecule has 1 aliphatic carbocycles. The molecule has 2 fully saturated rings. The third-order valence-electron chi connectivity index (χ3n) is 4.76. The van der Waals surface area contributed by atoms with Crippen LogP contribution in [0.25, 0.3) is 0 Å². The van der Waals surface area contributed by atoms with Crippen LogP contribution in [0.3, 0.4) is 0 Å². The van der Waals surface area contributed by atoms with Gasteiger partial charge in [0.15, 0.2) is 0 Å². The van der Waals surface area contributed by atoms with E-state index in [1.165, 1.54) is 25.7 Å². The molecule has 2 aliphatic rings. The van der Waals surface area contributed by atoms with Crippen LogP contribution in [0.5, 0.6) is 0 Å². The molecule has 1 heterocycles. The fourth-order valence-corrected chi connectivity index (χ4v) is 6.49. The van der Waals surface area contributed by atoms with Gasteiger partial charge in [-0.25, -0.2) is 0 Å². The number of ether oxygens (including phenoxy) is 1. The van der Waals surface area contributed by atoms with Crippen molar-refractivity contribution in [3.63, 3.8) is 0 Å². The number of fused-ring (bicyclic) bond motifs is 1. The highest BCUT2D eigenvalue weighted by Crippen LogP contribution is 2.41. The van der Waals surface area contributed by atoms with Gasteiger partial charge in [0.1, 0.15) is 0 Å². The molecule has 0 N–H and O–H groups in total. The molecule has 0 radical (unpaired) electrons. The van der Waals surface area contributed by atoms with Crippen molar-refractivity contribution in [1.82, 2.24) is 0 Å². The summed E-state index contributed by atoms with van der Waals surface area (Å²) in [6.07, 6.45) is 8.62. The Morgan fingerprint density at radius 1 is 1.09 bits per heavy atom. The Morgan fingerprint density at radius 2 is 1.82 bits per heavy atom. The molecule has 4 nitrogen and oxygen atoms in total. The fourth-order valence-electron chi connectivity index (χ4n) is 3.64. The summed E-state index contributed by atoms with van der Waals surface area (Å²) < 4.78 is 23.9. The lowest BCUT2D eigenvalue weighted by Crippen LogP contribution is -2.48. The SMILES string of the molecule is CCC[Si](OCC)(OCC)OC(C)CCC1CCC2OC2C1. The minimum absolute atomic E-state index is 0.217. The first kappa shape index (κ1) is 18.4. The number of hydrogen-bond donors (Lipinski definition) is 0. The van der Waals surface area contributed by atoms with Crippen molar-refractivity contribution in [2.45, 2.75) is 90.6 Å². The van der Waals surface area contributed by atoms with Gasteiger partial charge in [-0.3, -0.25) is 0 Å². The van der Waals surface area contributed by atoms with Crippen molar-refractivity contribution in [3.8, 4) is 0 Å². The van der Waals surface area contributed by atoms with Gasteiger partial charge in [0.25, 0.3) is 0 Å². The van der Waals surface area contributed by atoms with Gasteiger partial charge in [-0.2, -0.15) is 0 Å². The summed E-state index contributed by atoms with van der Waals surface area (Å²) in [5.74, 6) is 0.816. The van der Waals surface area contributed by atoms with Gasteiger partial charge in [-0.05, 0) is 58.8 Å². The number of hydrogen-bond acceptors (Lipinski definition) is 4. The van der Waals surface area contributed by atoms with E-state index in [0.717, 1.165) is 24.8 Å². The van der Waals surface area contributed by atoms with Crippen molar-refractivity contribution in [2.24, 2.45) is 5.92 Å². The normalized spacial score (nSPS) is 29.2. The lowest BCUT2D eigenvalue weighted by atomic mass is 9.85. The van der Waals surface area contributed by atoms with Crippen LogP contribution < -0.4 is 0 Å². The van der Waals surface area contributed by atoms with E-state index in [1.807, 2.05) is 13.8 Å². The number of epoxide rings is 1. The molecule has 130 valence electrons. The summed E-state index contributed by atoms with van der Waals surface area (Å²) in [6, 6.07) is 0.917. The summed E-state index contributed by atoms with van der Waals surface area (Å²) >= 11 is 0. The molecule has 1 saturated heterocycles. The maximum atomic E-state index is 6.35. The van der Waals surface area contributed by atoms with Crippen LogP contribution in [-0.4, -0.2) is 40.3 Å². The Hall–Kier alpha value is 0.0569. The summed E-state index contributed by atoms with van der Waals surface area (Å²) in [5, 5.41) is 0. The maximum absolute atomic E-state index is 6.35. The van der Waals surface area contributed by atoms with E-state index in [4.69, 9.17) is 18.0 Å². The topological polar surface area (TPSA) is 40.2 Å². The van der Waals surface area contributed by atoms with Gasteiger partial charge >= 0.3 is 8.80 Å². The molecule has 2 rings (SSSR count). The molecule has 5 heteroatoms. The molecule has 1 aliphatic heterocycles. The van der Waals surface area contributed by atoms with E-state index in [-0.39, 0.29) is 6.10 Å². The van der Waals surface area contributed by atoms with Gasteiger partial charge in [0.05, 0.1) is 12.2 Å². The molecule has 1 saturated carbocycles. The molecule has 4 unspecified atom stereocenters. The smallest absolute Gasteiger partial charge is 0.374 e. The van der Waals surface area contributed by atoms with E-state index in [9.17, 15) is 0 Å². The lowest BCUT2D eigenvalue weighted by molar-refractivity contribution is 0.0329. The highest BCUT2D eigenvalue weighted by molar-refractivity contribution is 6.60. The van der Waals surface area contributed by atoms with Crippen molar-refractivity contribution in [1.29, 1.82) is 0 Å². The van der Waals surface area contributed by atoms with Crippen LogP contribution in [0.1, 0.15) is 66.2 Å². The quantitative estimate of drug-likeness (QED) is 0.421. The summed E-state index contributed by atoms with van der Waals surface area (Å²) in [4.78, 5) is 0. The minimum atomic E-state index is -2.48. The Morgan fingerprint density at radius 3 is 2.41 bits per heavy atom. The first-order chi connectivity index (χ1) is 10.6. The van der Waals surface area contributed by atoms with Gasteiger partial charge in [0.2, 0.25) is 0 Å². The van der Waals surface area contributed by atoms with Crippen molar-refractivity contribution >= 4 is 8.80 Å². The van der Waals surface area contributed by atoms with Gasteiger partial charge in [-0.15, -0.1) is 0 Å². The molecule has 0 spiro atoms. The molecule has 4 atom stereocenters. The average Bonchev–Trinajstić information content (AvgIpc) is 3.24. The zero-order valence-corrected chi connectivity index (χ0v) is 15.8. The van der Waals surface area contributed by atoms with E-state index in [0.29, 0.717) is 25.4 Å². The largest absolute Gasteiger partial charge is 0.501 e. The predicted molar refractivity (Wildman–Crippen MR) is 89.9 cm³/mol. The Bertz CT molecular complexity index is 309. The summed E-state index contributed by atoms with van der Waals surface area (Å²) in [5.41, 5.74) is 0. The molecule has 0 bridgehead atoms. The van der Waals surface area contributed by atoms with Crippen LogP contribution in [-0.2, 0) is 18.0 Å². The highest BCUT2D eigenvalue weighted by atomic mass is 28.4. The van der Waals surface area contributed by atoms with Gasteiger partial charge < -0.3 is 18.0 Å². The molecule has 0 aromatic carbocycles. The molecule has 22 heavy (non-hydrogen) atoms. The number of rotatable bonds is 11. The van der Waals surface area contributed by atoms with Crippen LogP contribution in [0, 0.1) is 5.92 Å². The molecule has 0 aromatic rings. The van der Waals surface area contributed by atoms with E-state index in [1.54, 1.807) is 0 Å². The third-order valence-corrected chi connectivity index (χ3v) is 8.09. The van der Waals surface area contributed by atoms with Crippen LogP contribution in [0.2, 0.25) is 6.04 Å². The second-order valence-corrected chi connectivity index (χ2v) is 9.38. The fraction of sp³-hybridized carbons (Fsp3) is 1.00. The zero-order chi connectivity index (χ0) is 16.0. The standard InChI is InChI=1S/C17H34O4Si/c1-5-12-22(18-6-2,19-7-3)21-14(4)8-9-15-10-11-16-17(13-15)20-16/h14-17H,5-13H2,1-4H3. The Kier molecular flexibility index (Phi) is 7.34. The van der Waals surface area contributed by atoms with Gasteiger partial charge in [-0.1, -0.05) is 13.3 Å². The van der Waals surface area contributed by atoms with Crippen molar-refractivity contribution in [3.05, 3.63) is 0 Å². The highest BCUT2D eigenvalue weighted by Gasteiger charge is 2.44. The third kappa shape index (κ3) is 5.30. The van der Waals surface area contributed by atoms with Crippen LogP contribution in [0.15, 0.2) is 0 Å². The molecular weight excluding hydrogens is 296 g/mol. The Balaban J connectivity index is 1.77. The maximum Gasteiger partial charge on any atom is 0.501 e. The van der Waals surface area contributed by atoms with E-state index in [2.05, 4.69) is 13.8 Å². The van der Waals surface area contributed by atoms with Gasteiger partial charge in [0, 0.05) is 25.4 Å². The van der Waals surface area contributed by atoms with Crippen LogP contribution >= 0.6 is 0 Å². The van der Waals surface area contributed by atoms with E-state index < -0.39 is 8.80 Å². The second kappa shape index (κ2) is 8.78. The lowest BCUT2D eigenvalue weighted by Gasteiger charge is -2.32. The molecular formula is C17H34O4Si. The Labute approximate surface area is 137 Å².